The van der Waals surface area contributed by atoms with Crippen LogP contribution in [-0.2, 0) is 19.5 Å². The van der Waals surface area contributed by atoms with E-state index in [0.717, 1.165) is 64.1 Å². The number of anilines is 2. The molecule has 0 atom stereocenters. The van der Waals surface area contributed by atoms with Crippen LogP contribution >= 0.6 is 0 Å². The molecule has 3 aromatic rings. The average molecular weight is 402 g/mol. The lowest BCUT2D eigenvalue weighted by atomic mass is 10.1. The second-order valence-electron chi connectivity index (χ2n) is 8.11. The molecule has 0 N–H and O–H groups in total. The predicted molar refractivity (Wildman–Crippen MR) is 117 cm³/mol. The summed E-state index contributed by atoms with van der Waals surface area (Å²) in [6.45, 7) is 8.60. The fraction of sp³-hybridized carbons (Fsp3) is 0.391. The molecule has 154 valence electrons. The maximum absolute atomic E-state index is 4.93. The number of hydrogen-bond acceptors (Lipinski definition) is 7. The van der Waals surface area contributed by atoms with Crippen molar-refractivity contribution in [2.75, 3.05) is 42.5 Å². The van der Waals surface area contributed by atoms with Gasteiger partial charge in [-0.05, 0) is 18.6 Å². The van der Waals surface area contributed by atoms with Crippen LogP contribution in [0.15, 0.2) is 48.9 Å². The summed E-state index contributed by atoms with van der Waals surface area (Å²) >= 11 is 0. The quantitative estimate of drug-likeness (QED) is 0.665. The van der Waals surface area contributed by atoms with Crippen LogP contribution in [0.4, 0.5) is 11.9 Å². The van der Waals surface area contributed by atoms with Crippen LogP contribution in [-0.4, -0.2) is 57.6 Å². The Labute approximate surface area is 177 Å². The molecule has 0 radical (unpaired) electrons. The van der Waals surface area contributed by atoms with Gasteiger partial charge in [0.25, 0.3) is 0 Å². The van der Waals surface area contributed by atoms with E-state index < -0.39 is 0 Å². The molecule has 30 heavy (non-hydrogen) atoms. The molecule has 0 unspecified atom stereocenters. The molecule has 1 saturated heterocycles. The van der Waals surface area contributed by atoms with Crippen LogP contribution in [0.1, 0.15) is 22.4 Å². The fourth-order valence-electron chi connectivity index (χ4n) is 4.16. The summed E-state index contributed by atoms with van der Waals surface area (Å²) in [7, 11) is 0. The van der Waals surface area contributed by atoms with Crippen molar-refractivity contribution in [3.63, 3.8) is 0 Å². The third-order valence-corrected chi connectivity index (χ3v) is 5.92. The molecular formula is C23H27N7. The molecule has 0 aliphatic carbocycles. The highest BCUT2D eigenvalue weighted by atomic mass is 15.4. The van der Waals surface area contributed by atoms with Crippen LogP contribution in [0.3, 0.4) is 0 Å². The first-order valence-corrected chi connectivity index (χ1v) is 10.6. The second-order valence-corrected chi connectivity index (χ2v) is 8.11. The van der Waals surface area contributed by atoms with Crippen molar-refractivity contribution < 1.29 is 0 Å². The summed E-state index contributed by atoms with van der Waals surface area (Å²) in [5.74, 6) is 1.66. The highest BCUT2D eigenvalue weighted by Crippen LogP contribution is 2.22. The standard InChI is InChI=1S/C23H27N7/c1-18-3-5-19(6-4-18)16-28-10-7-21-20(17-28)15-26-23(27-21)30-13-11-29(12-14-30)22-24-8-2-9-25-22/h2-6,8-9,15H,7,10-14,16-17H2,1H3. The van der Waals surface area contributed by atoms with Gasteiger partial charge in [-0.1, -0.05) is 29.8 Å². The maximum Gasteiger partial charge on any atom is 0.225 e. The zero-order valence-electron chi connectivity index (χ0n) is 17.4. The zero-order valence-corrected chi connectivity index (χ0v) is 17.4. The average Bonchev–Trinajstić information content (AvgIpc) is 2.81. The minimum Gasteiger partial charge on any atom is -0.337 e. The Bertz CT molecular complexity index is 982. The molecule has 7 nitrogen and oxygen atoms in total. The van der Waals surface area contributed by atoms with Gasteiger partial charge in [-0.2, -0.15) is 0 Å². The molecule has 2 aliphatic rings. The van der Waals surface area contributed by atoms with E-state index >= 15 is 0 Å². The van der Waals surface area contributed by atoms with Gasteiger partial charge in [-0.3, -0.25) is 4.90 Å². The fourth-order valence-corrected chi connectivity index (χ4v) is 4.16. The molecule has 7 heteroatoms. The molecule has 2 aromatic heterocycles. The smallest absolute Gasteiger partial charge is 0.225 e. The van der Waals surface area contributed by atoms with E-state index in [0.29, 0.717) is 0 Å². The Morgan fingerprint density at radius 3 is 2.27 bits per heavy atom. The predicted octanol–water partition coefficient (Wildman–Crippen LogP) is 2.46. The summed E-state index contributed by atoms with van der Waals surface area (Å²) in [5, 5.41) is 0. The molecule has 1 fully saturated rings. The highest BCUT2D eigenvalue weighted by Gasteiger charge is 2.23. The minimum atomic E-state index is 0.803. The third kappa shape index (κ3) is 4.11. The zero-order chi connectivity index (χ0) is 20.3. The molecule has 2 aliphatic heterocycles. The monoisotopic (exact) mass is 401 g/mol. The van der Waals surface area contributed by atoms with Crippen molar-refractivity contribution in [2.24, 2.45) is 0 Å². The van der Waals surface area contributed by atoms with E-state index in [2.05, 4.69) is 55.9 Å². The number of nitrogens with zero attached hydrogens (tertiary/aromatic N) is 7. The molecule has 1 aromatic carbocycles. The normalized spacial score (nSPS) is 17.1. The molecule has 0 amide bonds. The van der Waals surface area contributed by atoms with E-state index in [1.165, 1.54) is 22.4 Å². The van der Waals surface area contributed by atoms with Crippen LogP contribution < -0.4 is 9.80 Å². The van der Waals surface area contributed by atoms with Gasteiger partial charge in [-0.25, -0.2) is 19.9 Å². The number of piperazine rings is 1. The van der Waals surface area contributed by atoms with E-state index in [-0.39, 0.29) is 0 Å². The largest absolute Gasteiger partial charge is 0.337 e. The number of aromatic nitrogens is 4. The van der Waals surface area contributed by atoms with Gasteiger partial charge < -0.3 is 9.80 Å². The Hall–Kier alpha value is -3.06. The Morgan fingerprint density at radius 1 is 0.833 bits per heavy atom. The lowest BCUT2D eigenvalue weighted by Crippen LogP contribution is -2.47. The van der Waals surface area contributed by atoms with Crippen LogP contribution in [0.2, 0.25) is 0 Å². The van der Waals surface area contributed by atoms with Gasteiger partial charge >= 0.3 is 0 Å². The summed E-state index contributed by atoms with van der Waals surface area (Å²) < 4.78 is 0. The topological polar surface area (TPSA) is 61.3 Å². The van der Waals surface area contributed by atoms with Gasteiger partial charge in [0, 0.05) is 76.4 Å². The Morgan fingerprint density at radius 2 is 1.53 bits per heavy atom. The van der Waals surface area contributed by atoms with Crippen molar-refractivity contribution in [1.82, 2.24) is 24.8 Å². The van der Waals surface area contributed by atoms with Crippen molar-refractivity contribution in [1.29, 1.82) is 0 Å². The number of hydrogen-bond donors (Lipinski definition) is 0. The summed E-state index contributed by atoms with van der Waals surface area (Å²) in [6.07, 6.45) is 6.60. The molecule has 0 spiro atoms. The summed E-state index contributed by atoms with van der Waals surface area (Å²) in [4.78, 5) is 25.3. The summed E-state index contributed by atoms with van der Waals surface area (Å²) in [6, 6.07) is 10.7. The lowest BCUT2D eigenvalue weighted by molar-refractivity contribution is 0.243. The van der Waals surface area contributed by atoms with Gasteiger partial charge in [0.15, 0.2) is 0 Å². The first-order chi connectivity index (χ1) is 14.7. The van der Waals surface area contributed by atoms with Gasteiger partial charge in [0.2, 0.25) is 11.9 Å². The van der Waals surface area contributed by atoms with E-state index in [4.69, 9.17) is 9.97 Å². The maximum atomic E-state index is 4.93. The number of benzene rings is 1. The van der Waals surface area contributed by atoms with Crippen molar-refractivity contribution in [3.05, 3.63) is 71.3 Å². The van der Waals surface area contributed by atoms with Crippen LogP contribution in [0.25, 0.3) is 0 Å². The number of rotatable bonds is 4. The highest BCUT2D eigenvalue weighted by molar-refractivity contribution is 5.39. The third-order valence-electron chi connectivity index (χ3n) is 5.92. The SMILES string of the molecule is Cc1ccc(CN2CCc3nc(N4CCN(c5ncccn5)CC4)ncc3C2)cc1. The molecular weight excluding hydrogens is 374 g/mol. The molecule has 4 heterocycles. The molecule has 0 bridgehead atoms. The van der Waals surface area contributed by atoms with Gasteiger partial charge in [0.05, 0.1) is 5.69 Å². The van der Waals surface area contributed by atoms with Crippen LogP contribution in [0, 0.1) is 6.92 Å². The van der Waals surface area contributed by atoms with Gasteiger partial charge in [-0.15, -0.1) is 0 Å². The van der Waals surface area contributed by atoms with E-state index in [1.807, 2.05) is 12.3 Å². The number of fused-ring (bicyclic) bond motifs is 1. The van der Waals surface area contributed by atoms with Crippen molar-refractivity contribution >= 4 is 11.9 Å². The van der Waals surface area contributed by atoms with E-state index in [1.54, 1.807) is 12.4 Å². The second kappa shape index (κ2) is 8.36. The van der Waals surface area contributed by atoms with E-state index in [9.17, 15) is 0 Å². The molecule has 0 saturated carbocycles. The minimum absolute atomic E-state index is 0.803. The lowest BCUT2D eigenvalue weighted by Gasteiger charge is -2.35. The van der Waals surface area contributed by atoms with Crippen LogP contribution in [0.5, 0.6) is 0 Å². The first-order valence-electron chi connectivity index (χ1n) is 10.6. The molecule has 5 rings (SSSR count). The summed E-state index contributed by atoms with van der Waals surface area (Å²) in [5.41, 5.74) is 5.13. The van der Waals surface area contributed by atoms with Crippen molar-refractivity contribution in [2.45, 2.75) is 26.4 Å². The van der Waals surface area contributed by atoms with Crippen molar-refractivity contribution in [3.8, 4) is 0 Å². The Balaban J connectivity index is 1.21. The Kier molecular flexibility index (Phi) is 5.27. The number of aryl methyl sites for hydroxylation is 1. The first kappa shape index (κ1) is 18.9. The van der Waals surface area contributed by atoms with Gasteiger partial charge in [0.1, 0.15) is 0 Å².